The fourth-order valence-corrected chi connectivity index (χ4v) is 3.39. The van der Waals surface area contributed by atoms with Crippen molar-refractivity contribution in [3.63, 3.8) is 0 Å². The minimum atomic E-state index is 0.327. The molecule has 26 heavy (non-hydrogen) atoms. The summed E-state index contributed by atoms with van der Waals surface area (Å²) in [7, 11) is 0. The van der Waals surface area contributed by atoms with Gasteiger partial charge in [-0.15, -0.1) is 0 Å². The Hall–Kier alpha value is -1.86. The van der Waals surface area contributed by atoms with Gasteiger partial charge in [-0.2, -0.15) is 0 Å². The van der Waals surface area contributed by atoms with Gasteiger partial charge in [0.25, 0.3) is 0 Å². The number of fused-ring (bicyclic) bond motifs is 1. The topological polar surface area (TPSA) is 57.2 Å². The number of benzene rings is 2. The Morgan fingerprint density at radius 3 is 2.81 bits per heavy atom. The van der Waals surface area contributed by atoms with Crippen LogP contribution in [0.2, 0.25) is 0 Å². The lowest BCUT2D eigenvalue weighted by atomic mass is 10.1. The number of phenols is 1. The summed E-state index contributed by atoms with van der Waals surface area (Å²) in [6.45, 7) is 3.84. The maximum absolute atomic E-state index is 10.1. The van der Waals surface area contributed by atoms with E-state index in [4.69, 9.17) is 0 Å². The fourth-order valence-electron chi connectivity index (χ4n) is 2.91. The van der Waals surface area contributed by atoms with Crippen LogP contribution in [0.3, 0.4) is 0 Å². The summed E-state index contributed by atoms with van der Waals surface area (Å²) in [6, 6.07) is 13.9. The molecule has 5 heteroatoms. The number of pyridine rings is 1. The van der Waals surface area contributed by atoms with Crippen LogP contribution >= 0.6 is 22.6 Å². The number of nitrogens with zero attached hydrogens (tertiary/aromatic N) is 1. The highest BCUT2D eigenvalue weighted by Gasteiger charge is 2.06. The van der Waals surface area contributed by atoms with Gasteiger partial charge in [0.15, 0.2) is 0 Å². The zero-order chi connectivity index (χ0) is 18.4. The van der Waals surface area contributed by atoms with Crippen LogP contribution in [-0.2, 0) is 6.54 Å². The fraction of sp³-hybridized carbons (Fsp3) is 0.286. The number of aromatic nitrogens is 1. The molecular weight excluding hydrogens is 437 g/mol. The summed E-state index contributed by atoms with van der Waals surface area (Å²) in [6.07, 6.45) is 5.42. The molecule has 0 bridgehead atoms. The number of aromatic hydroxyl groups is 1. The van der Waals surface area contributed by atoms with E-state index in [9.17, 15) is 5.11 Å². The molecular formula is C21H24IN3O. The number of nitrogens with one attached hydrogen (secondary N) is 2. The van der Waals surface area contributed by atoms with Gasteiger partial charge >= 0.3 is 0 Å². The van der Waals surface area contributed by atoms with Gasteiger partial charge in [-0.25, -0.2) is 0 Å². The van der Waals surface area contributed by atoms with E-state index in [1.54, 1.807) is 6.07 Å². The predicted octanol–water partition coefficient (Wildman–Crippen LogP) is 5.57. The first-order valence-corrected chi connectivity index (χ1v) is 10.1. The van der Waals surface area contributed by atoms with Crippen LogP contribution in [0, 0.1) is 3.57 Å². The van der Waals surface area contributed by atoms with Crippen molar-refractivity contribution < 1.29 is 5.11 Å². The number of unbranched alkanes of at least 4 members (excludes halogenated alkanes) is 2. The summed E-state index contributed by atoms with van der Waals surface area (Å²) >= 11 is 2.30. The lowest BCUT2D eigenvalue weighted by molar-refractivity contribution is 0.464. The third-order valence-corrected chi connectivity index (χ3v) is 5.01. The molecule has 0 aliphatic heterocycles. The highest BCUT2D eigenvalue weighted by molar-refractivity contribution is 14.1. The van der Waals surface area contributed by atoms with Crippen molar-refractivity contribution >= 4 is 44.9 Å². The molecule has 136 valence electrons. The third-order valence-electron chi connectivity index (χ3n) is 4.34. The van der Waals surface area contributed by atoms with E-state index in [0.29, 0.717) is 12.3 Å². The maximum atomic E-state index is 10.1. The second kappa shape index (κ2) is 9.19. The van der Waals surface area contributed by atoms with Gasteiger partial charge in [0.2, 0.25) is 0 Å². The lowest BCUT2D eigenvalue weighted by Gasteiger charge is -2.13. The summed E-state index contributed by atoms with van der Waals surface area (Å²) in [4.78, 5) is 4.45. The van der Waals surface area contributed by atoms with Crippen LogP contribution in [0.25, 0.3) is 10.9 Å². The first-order chi connectivity index (χ1) is 12.7. The molecule has 0 fully saturated rings. The van der Waals surface area contributed by atoms with Crippen LogP contribution in [0.1, 0.15) is 31.7 Å². The van der Waals surface area contributed by atoms with E-state index in [1.807, 2.05) is 24.4 Å². The number of hydrogen-bond acceptors (Lipinski definition) is 4. The summed E-state index contributed by atoms with van der Waals surface area (Å²) in [5, 5.41) is 18.1. The van der Waals surface area contributed by atoms with Crippen LogP contribution in [0.5, 0.6) is 5.75 Å². The Kier molecular flexibility index (Phi) is 6.68. The number of anilines is 2. The van der Waals surface area contributed by atoms with Crippen molar-refractivity contribution in [2.45, 2.75) is 32.7 Å². The minimum Gasteiger partial charge on any atom is -0.508 e. The van der Waals surface area contributed by atoms with E-state index in [1.165, 1.54) is 16.4 Å². The van der Waals surface area contributed by atoms with Gasteiger partial charge in [0.05, 0.1) is 5.52 Å². The number of phenolic OH excluding ortho intramolecular Hbond substituents is 1. The van der Waals surface area contributed by atoms with E-state index in [0.717, 1.165) is 40.8 Å². The average Bonchev–Trinajstić information content (AvgIpc) is 2.64. The molecule has 0 saturated heterocycles. The van der Waals surface area contributed by atoms with Crippen LogP contribution in [-0.4, -0.2) is 16.6 Å². The standard InChI is InChI=1S/C21H24IN3O/c1-2-3-4-10-23-14-15-12-17(6-8-21(15)26)25-19-9-11-24-20-13-16(22)5-7-18(19)20/h5-9,11-13,23,26H,2-4,10,14H2,1H3,(H,24,25). The van der Waals surface area contributed by atoms with E-state index in [2.05, 4.69) is 63.3 Å². The second-order valence-corrected chi connectivity index (χ2v) is 7.62. The van der Waals surface area contributed by atoms with Crippen LogP contribution < -0.4 is 10.6 Å². The molecule has 0 atom stereocenters. The Bertz CT molecular complexity index is 882. The van der Waals surface area contributed by atoms with E-state index in [-0.39, 0.29) is 0 Å². The van der Waals surface area contributed by atoms with Gasteiger partial charge in [0, 0.05) is 38.6 Å². The second-order valence-electron chi connectivity index (χ2n) is 6.37. The third kappa shape index (κ3) is 4.86. The van der Waals surface area contributed by atoms with Crippen molar-refractivity contribution in [2.24, 2.45) is 0 Å². The largest absolute Gasteiger partial charge is 0.508 e. The molecule has 0 unspecified atom stereocenters. The first-order valence-electron chi connectivity index (χ1n) is 9.01. The summed E-state index contributed by atoms with van der Waals surface area (Å²) < 4.78 is 1.17. The zero-order valence-electron chi connectivity index (χ0n) is 14.9. The Balaban J connectivity index is 1.75. The van der Waals surface area contributed by atoms with Gasteiger partial charge in [-0.05, 0) is 78.0 Å². The molecule has 3 aromatic rings. The Morgan fingerprint density at radius 2 is 1.96 bits per heavy atom. The van der Waals surface area contributed by atoms with Crippen molar-refractivity contribution in [3.05, 3.63) is 57.8 Å². The predicted molar refractivity (Wildman–Crippen MR) is 117 cm³/mol. The molecule has 0 radical (unpaired) electrons. The molecule has 0 amide bonds. The molecule has 0 saturated carbocycles. The van der Waals surface area contributed by atoms with E-state index >= 15 is 0 Å². The van der Waals surface area contributed by atoms with E-state index < -0.39 is 0 Å². The van der Waals surface area contributed by atoms with Crippen LogP contribution in [0.4, 0.5) is 11.4 Å². The summed E-state index contributed by atoms with van der Waals surface area (Å²) in [5.74, 6) is 0.327. The lowest BCUT2D eigenvalue weighted by Crippen LogP contribution is -2.14. The highest BCUT2D eigenvalue weighted by Crippen LogP contribution is 2.28. The molecule has 1 aromatic heterocycles. The Labute approximate surface area is 168 Å². The summed E-state index contributed by atoms with van der Waals surface area (Å²) in [5.41, 5.74) is 3.84. The van der Waals surface area contributed by atoms with Crippen molar-refractivity contribution in [3.8, 4) is 5.75 Å². The number of hydrogen-bond donors (Lipinski definition) is 3. The molecule has 3 N–H and O–H groups in total. The van der Waals surface area contributed by atoms with Gasteiger partial charge < -0.3 is 15.7 Å². The molecule has 1 heterocycles. The van der Waals surface area contributed by atoms with Crippen molar-refractivity contribution in [1.82, 2.24) is 10.3 Å². The van der Waals surface area contributed by atoms with Crippen molar-refractivity contribution in [2.75, 3.05) is 11.9 Å². The monoisotopic (exact) mass is 461 g/mol. The van der Waals surface area contributed by atoms with Gasteiger partial charge in [0.1, 0.15) is 5.75 Å². The zero-order valence-corrected chi connectivity index (χ0v) is 17.1. The minimum absolute atomic E-state index is 0.327. The molecule has 0 aliphatic rings. The molecule has 0 spiro atoms. The quantitative estimate of drug-likeness (QED) is 0.233. The normalized spacial score (nSPS) is 11.0. The molecule has 3 rings (SSSR count). The smallest absolute Gasteiger partial charge is 0.120 e. The first kappa shape index (κ1) is 18.9. The van der Waals surface area contributed by atoms with Gasteiger partial charge in [-0.3, -0.25) is 4.98 Å². The maximum Gasteiger partial charge on any atom is 0.120 e. The molecule has 0 aliphatic carbocycles. The van der Waals surface area contributed by atoms with Crippen molar-refractivity contribution in [1.29, 1.82) is 0 Å². The number of rotatable bonds is 8. The van der Waals surface area contributed by atoms with Gasteiger partial charge in [-0.1, -0.05) is 19.8 Å². The molecule has 4 nitrogen and oxygen atoms in total. The Morgan fingerprint density at radius 1 is 1.08 bits per heavy atom. The van der Waals surface area contributed by atoms with Crippen LogP contribution in [0.15, 0.2) is 48.7 Å². The highest BCUT2D eigenvalue weighted by atomic mass is 127. The SMILES string of the molecule is CCCCCNCc1cc(Nc2ccnc3cc(I)ccc23)ccc1O. The average molecular weight is 461 g/mol. The number of halogens is 1. The molecule has 2 aromatic carbocycles.